The molecule has 1 fully saturated rings. The van der Waals surface area contributed by atoms with Gasteiger partial charge >= 0.3 is 6.03 Å². The van der Waals surface area contributed by atoms with Crippen LogP contribution in [0.1, 0.15) is 36.1 Å². The highest BCUT2D eigenvalue weighted by Crippen LogP contribution is 2.29. The van der Waals surface area contributed by atoms with Gasteiger partial charge in [0.1, 0.15) is 5.52 Å². The van der Waals surface area contributed by atoms with Gasteiger partial charge in [-0.2, -0.15) is 0 Å². The minimum absolute atomic E-state index is 0.000103. The Labute approximate surface area is 178 Å². The van der Waals surface area contributed by atoms with Gasteiger partial charge < -0.3 is 14.6 Å². The van der Waals surface area contributed by atoms with Crippen molar-refractivity contribution >= 4 is 38.7 Å². The Morgan fingerprint density at radius 2 is 1.97 bits per heavy atom. The van der Waals surface area contributed by atoms with Crippen LogP contribution in [0.4, 0.5) is 4.79 Å². The van der Waals surface area contributed by atoms with Gasteiger partial charge in [-0.15, -0.1) is 11.3 Å². The number of para-hydroxylation sites is 3. The molecule has 1 aliphatic heterocycles. The molecule has 1 saturated heterocycles. The highest BCUT2D eigenvalue weighted by atomic mass is 32.1. The average Bonchev–Trinajstić information content (AvgIpc) is 3.40. The van der Waals surface area contributed by atoms with Gasteiger partial charge in [-0.25, -0.2) is 14.8 Å². The van der Waals surface area contributed by atoms with Crippen molar-refractivity contribution in [1.29, 1.82) is 0 Å². The van der Waals surface area contributed by atoms with Crippen LogP contribution in [0.2, 0.25) is 0 Å². The third-order valence-corrected chi connectivity index (χ3v) is 6.65. The summed E-state index contributed by atoms with van der Waals surface area (Å²) in [6, 6.07) is 16.0. The van der Waals surface area contributed by atoms with E-state index in [0.717, 1.165) is 59.7 Å². The van der Waals surface area contributed by atoms with Crippen LogP contribution in [0, 0.1) is 0 Å². The molecule has 0 saturated carbocycles. The van der Waals surface area contributed by atoms with Crippen molar-refractivity contribution < 1.29 is 9.21 Å². The SMILES string of the molecule is O=C(NCCCc1nc2ccccc2s1)N1CCCC(c2nc3ccccc3o2)C1. The summed E-state index contributed by atoms with van der Waals surface area (Å²) in [5.74, 6) is 0.893. The fraction of sp³-hybridized carbons (Fsp3) is 0.348. The minimum atomic E-state index is 0.000103. The lowest BCUT2D eigenvalue weighted by Crippen LogP contribution is -2.45. The summed E-state index contributed by atoms with van der Waals surface area (Å²) in [4.78, 5) is 23.8. The normalized spacial score (nSPS) is 16.9. The number of hydrogen-bond donors (Lipinski definition) is 1. The van der Waals surface area contributed by atoms with Crippen molar-refractivity contribution in [1.82, 2.24) is 20.2 Å². The van der Waals surface area contributed by atoms with Gasteiger partial charge in [0.2, 0.25) is 0 Å². The fourth-order valence-electron chi connectivity index (χ4n) is 4.00. The van der Waals surface area contributed by atoms with E-state index in [9.17, 15) is 4.79 Å². The van der Waals surface area contributed by atoms with Gasteiger partial charge in [-0.05, 0) is 43.5 Å². The average molecular weight is 421 g/mol. The van der Waals surface area contributed by atoms with Crippen LogP contribution in [0.15, 0.2) is 52.9 Å². The van der Waals surface area contributed by atoms with Crippen molar-refractivity contribution in [2.45, 2.75) is 31.6 Å². The highest BCUT2D eigenvalue weighted by Gasteiger charge is 2.28. The molecule has 1 atom stereocenters. The number of rotatable bonds is 5. The summed E-state index contributed by atoms with van der Waals surface area (Å²) in [6.45, 7) is 2.08. The summed E-state index contributed by atoms with van der Waals surface area (Å²) in [5, 5.41) is 4.19. The Balaban J connectivity index is 1.13. The number of nitrogens with zero attached hydrogens (tertiary/aromatic N) is 3. The summed E-state index contributed by atoms with van der Waals surface area (Å²) >= 11 is 1.73. The maximum Gasteiger partial charge on any atom is 0.317 e. The maximum absolute atomic E-state index is 12.7. The third kappa shape index (κ3) is 4.03. The number of fused-ring (bicyclic) bond motifs is 2. The van der Waals surface area contributed by atoms with Gasteiger partial charge in [0, 0.05) is 26.1 Å². The number of urea groups is 1. The van der Waals surface area contributed by atoms with Crippen LogP contribution < -0.4 is 5.32 Å². The van der Waals surface area contributed by atoms with Gasteiger partial charge in [0.05, 0.1) is 21.1 Å². The Morgan fingerprint density at radius 1 is 1.13 bits per heavy atom. The van der Waals surface area contributed by atoms with E-state index in [1.54, 1.807) is 11.3 Å². The van der Waals surface area contributed by atoms with E-state index in [1.807, 2.05) is 47.4 Å². The predicted octanol–water partition coefficient (Wildman–Crippen LogP) is 4.96. The molecule has 1 unspecified atom stereocenters. The van der Waals surface area contributed by atoms with Gasteiger partial charge in [-0.1, -0.05) is 24.3 Å². The standard InChI is InChI=1S/C23H24N4O2S/c28-23(24-13-5-12-21-25-18-9-2-4-11-20(18)30-21)27-14-6-7-16(15-27)22-26-17-8-1-3-10-19(17)29-22/h1-4,8-11,16H,5-7,12-15H2,(H,24,28). The first-order chi connectivity index (χ1) is 14.8. The number of aryl methyl sites for hydroxylation is 1. The molecule has 2 amide bonds. The zero-order valence-corrected chi connectivity index (χ0v) is 17.5. The molecule has 0 radical (unpaired) electrons. The summed E-state index contributed by atoms with van der Waals surface area (Å²) in [6.07, 6.45) is 3.72. The Bertz CT molecular complexity index is 1100. The zero-order valence-electron chi connectivity index (χ0n) is 16.7. The van der Waals surface area contributed by atoms with Crippen LogP contribution in [0.5, 0.6) is 0 Å². The molecule has 30 heavy (non-hydrogen) atoms. The lowest BCUT2D eigenvalue weighted by atomic mass is 9.98. The number of benzene rings is 2. The Morgan fingerprint density at radius 3 is 2.83 bits per heavy atom. The topological polar surface area (TPSA) is 71.3 Å². The first-order valence-corrected chi connectivity index (χ1v) is 11.3. The van der Waals surface area contributed by atoms with Crippen molar-refractivity contribution in [2.75, 3.05) is 19.6 Å². The van der Waals surface area contributed by atoms with Crippen LogP contribution in [0.25, 0.3) is 21.3 Å². The maximum atomic E-state index is 12.7. The second kappa shape index (κ2) is 8.44. The lowest BCUT2D eigenvalue weighted by molar-refractivity contribution is 0.175. The van der Waals surface area contributed by atoms with Crippen molar-refractivity contribution in [2.24, 2.45) is 0 Å². The van der Waals surface area contributed by atoms with E-state index in [-0.39, 0.29) is 11.9 Å². The first-order valence-electron chi connectivity index (χ1n) is 10.5. The van der Waals surface area contributed by atoms with Crippen molar-refractivity contribution in [3.8, 4) is 0 Å². The minimum Gasteiger partial charge on any atom is -0.440 e. The molecule has 4 aromatic rings. The number of hydrogen-bond acceptors (Lipinski definition) is 5. The molecule has 154 valence electrons. The number of piperidine rings is 1. The lowest BCUT2D eigenvalue weighted by Gasteiger charge is -2.31. The molecular weight excluding hydrogens is 396 g/mol. The Kier molecular flexibility index (Phi) is 5.36. The molecule has 1 aliphatic rings. The van der Waals surface area contributed by atoms with Crippen LogP contribution in [-0.2, 0) is 6.42 Å². The zero-order chi connectivity index (χ0) is 20.3. The molecule has 0 bridgehead atoms. The molecule has 2 aromatic carbocycles. The smallest absolute Gasteiger partial charge is 0.317 e. The molecule has 0 spiro atoms. The number of carbonyl (C=O) groups excluding carboxylic acids is 1. The number of thiazole rings is 1. The van der Waals surface area contributed by atoms with E-state index in [4.69, 9.17) is 4.42 Å². The second-order valence-electron chi connectivity index (χ2n) is 7.72. The molecule has 0 aliphatic carbocycles. The molecule has 1 N–H and O–H groups in total. The number of aromatic nitrogens is 2. The number of amides is 2. The monoisotopic (exact) mass is 420 g/mol. The van der Waals surface area contributed by atoms with Crippen LogP contribution in [0.3, 0.4) is 0 Å². The summed E-state index contributed by atoms with van der Waals surface area (Å²) in [5.41, 5.74) is 2.74. The Hall–Kier alpha value is -2.93. The first kappa shape index (κ1) is 19.1. The molecular formula is C23H24N4O2S. The molecule has 6 nitrogen and oxygen atoms in total. The van der Waals surface area contributed by atoms with E-state index in [1.165, 1.54) is 4.70 Å². The van der Waals surface area contributed by atoms with Crippen molar-refractivity contribution in [3.05, 3.63) is 59.4 Å². The van der Waals surface area contributed by atoms with E-state index in [2.05, 4.69) is 21.4 Å². The number of carbonyl (C=O) groups is 1. The third-order valence-electron chi connectivity index (χ3n) is 5.55. The van der Waals surface area contributed by atoms with Gasteiger partial charge in [-0.3, -0.25) is 0 Å². The molecule has 2 aromatic heterocycles. The second-order valence-corrected chi connectivity index (χ2v) is 8.83. The summed E-state index contributed by atoms with van der Waals surface area (Å²) < 4.78 is 7.15. The van der Waals surface area contributed by atoms with Gasteiger partial charge in [0.25, 0.3) is 0 Å². The largest absolute Gasteiger partial charge is 0.440 e. The van der Waals surface area contributed by atoms with Crippen molar-refractivity contribution in [3.63, 3.8) is 0 Å². The summed E-state index contributed by atoms with van der Waals surface area (Å²) in [7, 11) is 0. The quantitative estimate of drug-likeness (QED) is 0.463. The van der Waals surface area contributed by atoms with E-state index >= 15 is 0 Å². The van der Waals surface area contributed by atoms with E-state index in [0.29, 0.717) is 13.1 Å². The van der Waals surface area contributed by atoms with E-state index < -0.39 is 0 Å². The molecule has 7 heteroatoms. The van der Waals surface area contributed by atoms with Crippen LogP contribution >= 0.6 is 11.3 Å². The van der Waals surface area contributed by atoms with Crippen LogP contribution in [-0.4, -0.2) is 40.5 Å². The number of likely N-dealkylation sites (tertiary alicyclic amines) is 1. The number of nitrogens with one attached hydrogen (secondary N) is 1. The number of oxazole rings is 1. The fourth-order valence-corrected chi connectivity index (χ4v) is 5.01. The van der Waals surface area contributed by atoms with Gasteiger partial charge in [0.15, 0.2) is 11.5 Å². The molecule has 5 rings (SSSR count). The highest BCUT2D eigenvalue weighted by molar-refractivity contribution is 7.18. The predicted molar refractivity (Wildman–Crippen MR) is 119 cm³/mol. The molecule has 3 heterocycles.